The predicted molar refractivity (Wildman–Crippen MR) is 94.6 cm³/mol. The zero-order chi connectivity index (χ0) is 18.1. The van der Waals surface area contributed by atoms with Crippen LogP contribution in [0.2, 0.25) is 0 Å². The number of carbonyl (C=O) groups excluding carboxylic acids is 1. The van der Waals surface area contributed by atoms with E-state index in [1.54, 1.807) is 30.0 Å². The zero-order valence-corrected chi connectivity index (χ0v) is 15.7. The van der Waals surface area contributed by atoms with Gasteiger partial charge in [-0.15, -0.1) is 0 Å². The lowest BCUT2D eigenvalue weighted by atomic mass is 10.2. The molecule has 0 radical (unpaired) electrons. The highest BCUT2D eigenvalue weighted by Gasteiger charge is 2.26. The third-order valence-corrected chi connectivity index (χ3v) is 5.60. The number of rotatable bonds is 6. The van der Waals surface area contributed by atoms with Crippen LogP contribution in [0.5, 0.6) is 0 Å². The standard InChI is InChI=1S/C17H25N3O3S/c1-6-24(22,23)17-18-14-9-7-8-10-15(14)19(17)11-16(21)20(12(2)3)13(4)5/h7-10,12-13H,6,11H2,1-5H3. The summed E-state index contributed by atoms with van der Waals surface area (Å²) in [6.45, 7) is 9.35. The molecule has 1 amide bonds. The third-order valence-electron chi connectivity index (χ3n) is 3.97. The van der Waals surface area contributed by atoms with E-state index in [9.17, 15) is 13.2 Å². The average molecular weight is 351 g/mol. The highest BCUT2D eigenvalue weighted by molar-refractivity contribution is 7.91. The van der Waals surface area contributed by atoms with Gasteiger partial charge in [0.05, 0.1) is 16.8 Å². The molecule has 0 saturated carbocycles. The number of carbonyl (C=O) groups is 1. The SMILES string of the molecule is CCS(=O)(=O)c1nc2ccccc2n1CC(=O)N(C(C)C)C(C)C. The minimum Gasteiger partial charge on any atom is -0.336 e. The molecule has 2 aromatic rings. The first-order chi connectivity index (χ1) is 11.2. The van der Waals surface area contributed by atoms with Crippen molar-refractivity contribution in [1.82, 2.24) is 14.5 Å². The predicted octanol–water partition coefficient (Wildman–Crippen LogP) is 2.48. The summed E-state index contributed by atoms with van der Waals surface area (Å²) in [5, 5.41) is -0.0352. The lowest BCUT2D eigenvalue weighted by Crippen LogP contribution is -2.44. The monoisotopic (exact) mass is 351 g/mol. The van der Waals surface area contributed by atoms with Crippen molar-refractivity contribution in [3.63, 3.8) is 0 Å². The number of aromatic nitrogens is 2. The van der Waals surface area contributed by atoms with E-state index in [1.165, 1.54) is 4.57 Å². The Morgan fingerprint density at radius 2 is 1.75 bits per heavy atom. The Kier molecular flexibility index (Phi) is 5.32. The summed E-state index contributed by atoms with van der Waals surface area (Å²) in [5.74, 6) is -0.168. The number of amides is 1. The molecular weight excluding hydrogens is 326 g/mol. The van der Waals surface area contributed by atoms with Gasteiger partial charge in [-0.25, -0.2) is 13.4 Å². The number of hydrogen-bond acceptors (Lipinski definition) is 4. The molecular formula is C17H25N3O3S. The second kappa shape index (κ2) is 6.93. The quantitative estimate of drug-likeness (QED) is 0.801. The molecule has 6 nitrogen and oxygen atoms in total. The van der Waals surface area contributed by atoms with E-state index in [0.717, 1.165) is 0 Å². The van der Waals surface area contributed by atoms with E-state index in [2.05, 4.69) is 4.98 Å². The van der Waals surface area contributed by atoms with E-state index in [1.807, 2.05) is 33.8 Å². The Morgan fingerprint density at radius 1 is 1.17 bits per heavy atom. The Bertz CT molecular complexity index is 830. The second-order valence-electron chi connectivity index (χ2n) is 6.36. The molecule has 132 valence electrons. The molecule has 2 rings (SSSR count). The summed E-state index contributed by atoms with van der Waals surface area (Å²) < 4.78 is 26.3. The first-order valence-corrected chi connectivity index (χ1v) is 9.83. The second-order valence-corrected chi connectivity index (χ2v) is 8.53. The molecule has 0 aliphatic heterocycles. The molecule has 0 aliphatic carbocycles. The van der Waals surface area contributed by atoms with Crippen LogP contribution in [-0.2, 0) is 21.2 Å². The normalized spacial score (nSPS) is 12.3. The van der Waals surface area contributed by atoms with Crippen molar-refractivity contribution in [3.05, 3.63) is 24.3 Å². The van der Waals surface area contributed by atoms with E-state index in [4.69, 9.17) is 0 Å². The van der Waals surface area contributed by atoms with Gasteiger partial charge >= 0.3 is 0 Å². The Hall–Kier alpha value is -1.89. The van der Waals surface area contributed by atoms with Crippen molar-refractivity contribution in [2.24, 2.45) is 0 Å². The number of sulfone groups is 1. The molecule has 0 fully saturated rings. The van der Waals surface area contributed by atoms with Crippen LogP contribution in [0.4, 0.5) is 0 Å². The van der Waals surface area contributed by atoms with Gasteiger partial charge in [0.15, 0.2) is 0 Å². The van der Waals surface area contributed by atoms with Crippen LogP contribution >= 0.6 is 0 Å². The molecule has 0 unspecified atom stereocenters. The van der Waals surface area contributed by atoms with Gasteiger partial charge in [-0.2, -0.15) is 0 Å². The lowest BCUT2D eigenvalue weighted by Gasteiger charge is -2.31. The highest BCUT2D eigenvalue weighted by Crippen LogP contribution is 2.21. The van der Waals surface area contributed by atoms with Crippen LogP contribution in [0.15, 0.2) is 29.4 Å². The minimum absolute atomic E-state index is 0.0352. The van der Waals surface area contributed by atoms with Crippen LogP contribution < -0.4 is 0 Å². The fraction of sp³-hybridized carbons (Fsp3) is 0.529. The molecule has 0 saturated heterocycles. The van der Waals surface area contributed by atoms with Crippen molar-refractivity contribution in [3.8, 4) is 0 Å². The first kappa shape index (κ1) is 18.4. The van der Waals surface area contributed by atoms with Gasteiger partial charge in [0.2, 0.25) is 20.9 Å². The van der Waals surface area contributed by atoms with Crippen LogP contribution in [0, 0.1) is 0 Å². The molecule has 1 aromatic heterocycles. The maximum atomic E-state index is 12.8. The number of imidazole rings is 1. The summed E-state index contributed by atoms with van der Waals surface area (Å²) in [6, 6.07) is 7.25. The van der Waals surface area contributed by atoms with Crippen molar-refractivity contribution in [2.75, 3.05) is 5.75 Å². The number of nitrogens with zero attached hydrogens (tertiary/aromatic N) is 3. The summed E-state index contributed by atoms with van der Waals surface area (Å²) in [5.41, 5.74) is 1.24. The highest BCUT2D eigenvalue weighted by atomic mass is 32.2. The molecule has 24 heavy (non-hydrogen) atoms. The average Bonchev–Trinajstić information content (AvgIpc) is 2.86. The van der Waals surface area contributed by atoms with E-state index < -0.39 is 9.84 Å². The van der Waals surface area contributed by atoms with Crippen LogP contribution in [0.1, 0.15) is 34.6 Å². The van der Waals surface area contributed by atoms with Gasteiger partial charge in [-0.1, -0.05) is 19.1 Å². The summed E-state index contributed by atoms with van der Waals surface area (Å²) in [4.78, 5) is 18.8. The van der Waals surface area contributed by atoms with Crippen molar-refractivity contribution >= 4 is 26.8 Å². The van der Waals surface area contributed by atoms with Gasteiger partial charge in [-0.05, 0) is 39.8 Å². The first-order valence-electron chi connectivity index (χ1n) is 8.18. The summed E-state index contributed by atoms with van der Waals surface area (Å²) in [7, 11) is -3.52. The van der Waals surface area contributed by atoms with Gasteiger partial charge in [0.1, 0.15) is 6.54 Å². The zero-order valence-electron chi connectivity index (χ0n) is 14.9. The lowest BCUT2D eigenvalue weighted by molar-refractivity contribution is -0.135. The van der Waals surface area contributed by atoms with Crippen LogP contribution in [0.3, 0.4) is 0 Å². The Morgan fingerprint density at radius 3 is 2.29 bits per heavy atom. The Balaban J connectivity index is 2.55. The number of hydrogen-bond donors (Lipinski definition) is 0. The molecule has 7 heteroatoms. The molecule has 0 atom stereocenters. The number of para-hydroxylation sites is 2. The molecule has 1 aromatic carbocycles. The summed E-state index contributed by atoms with van der Waals surface area (Å²) in [6.07, 6.45) is 0. The van der Waals surface area contributed by atoms with E-state index >= 15 is 0 Å². The van der Waals surface area contributed by atoms with Crippen molar-refractivity contribution < 1.29 is 13.2 Å². The molecule has 1 heterocycles. The fourth-order valence-electron chi connectivity index (χ4n) is 2.96. The van der Waals surface area contributed by atoms with Gasteiger partial charge in [-0.3, -0.25) is 4.79 Å². The molecule has 0 aliphatic rings. The maximum Gasteiger partial charge on any atom is 0.243 e. The van der Waals surface area contributed by atoms with Crippen molar-refractivity contribution in [2.45, 2.75) is 58.4 Å². The van der Waals surface area contributed by atoms with Crippen molar-refractivity contribution in [1.29, 1.82) is 0 Å². The van der Waals surface area contributed by atoms with Gasteiger partial charge < -0.3 is 9.47 Å². The summed E-state index contributed by atoms with van der Waals surface area (Å²) >= 11 is 0. The van der Waals surface area contributed by atoms with Gasteiger partial charge in [0, 0.05) is 12.1 Å². The fourth-order valence-corrected chi connectivity index (χ4v) is 3.96. The smallest absolute Gasteiger partial charge is 0.243 e. The largest absolute Gasteiger partial charge is 0.336 e. The Labute approximate surface area is 143 Å². The van der Waals surface area contributed by atoms with E-state index in [-0.39, 0.29) is 35.4 Å². The molecule has 0 N–H and O–H groups in total. The number of fused-ring (bicyclic) bond motifs is 1. The third kappa shape index (κ3) is 3.45. The van der Waals surface area contributed by atoms with E-state index in [0.29, 0.717) is 11.0 Å². The topological polar surface area (TPSA) is 72.3 Å². The number of benzene rings is 1. The molecule has 0 bridgehead atoms. The van der Waals surface area contributed by atoms with Crippen LogP contribution in [-0.4, -0.2) is 46.6 Å². The molecule has 0 spiro atoms. The maximum absolute atomic E-state index is 12.8. The minimum atomic E-state index is -3.52. The van der Waals surface area contributed by atoms with Gasteiger partial charge in [0.25, 0.3) is 0 Å². The van der Waals surface area contributed by atoms with Crippen LogP contribution in [0.25, 0.3) is 11.0 Å².